The maximum absolute atomic E-state index is 11.6. The van der Waals surface area contributed by atoms with Gasteiger partial charge in [-0.3, -0.25) is 0 Å². The molecule has 6 nitrogen and oxygen atoms in total. The van der Waals surface area contributed by atoms with Crippen molar-refractivity contribution in [1.29, 1.82) is 0 Å². The van der Waals surface area contributed by atoms with Crippen LogP contribution >= 0.6 is 0 Å². The first-order valence-corrected chi connectivity index (χ1v) is 10.6. The summed E-state index contributed by atoms with van der Waals surface area (Å²) in [7, 11) is -2.18. The summed E-state index contributed by atoms with van der Waals surface area (Å²) in [5, 5.41) is -0.0535. The molecule has 0 aromatic carbocycles. The lowest BCUT2D eigenvalue weighted by Crippen LogP contribution is -2.50. The number of aldehydes is 1. The smallest absolute Gasteiger partial charge is 0.422 e. The third kappa shape index (κ3) is 5.31. The Hall–Kier alpha value is -0.893. The van der Waals surface area contributed by atoms with E-state index in [9.17, 15) is 9.59 Å². The molecular formula is C16H28O6Si. The van der Waals surface area contributed by atoms with Crippen LogP contribution in [0, 0.1) is 0 Å². The molecule has 0 spiro atoms. The zero-order valence-corrected chi connectivity index (χ0v) is 16.3. The average molecular weight is 344 g/mol. The molecule has 1 heterocycles. The topological polar surface area (TPSA) is 73.1 Å². The SMILES string of the molecule is CC(=O)[O+]=[C-][C@@H]1OC(C)(C)O[C@@H]1[C@@H](C=O)O[Si](C)(C)C(C)(C)C. The van der Waals surface area contributed by atoms with Gasteiger partial charge in [0.05, 0.1) is 12.4 Å². The fourth-order valence-corrected chi connectivity index (χ4v) is 3.17. The summed E-state index contributed by atoms with van der Waals surface area (Å²) < 4.78 is 22.4. The Morgan fingerprint density at radius 2 is 1.91 bits per heavy atom. The summed E-state index contributed by atoms with van der Waals surface area (Å²) >= 11 is 0. The quantitative estimate of drug-likeness (QED) is 0.331. The second-order valence-corrected chi connectivity index (χ2v) is 12.5. The van der Waals surface area contributed by atoms with Crippen LogP contribution in [-0.4, -0.2) is 51.0 Å². The van der Waals surface area contributed by atoms with Gasteiger partial charge in [-0.2, -0.15) is 0 Å². The molecule has 1 saturated heterocycles. The number of rotatable bonds is 5. The van der Waals surface area contributed by atoms with Gasteiger partial charge in [-0.15, -0.1) is 0 Å². The summed E-state index contributed by atoms with van der Waals surface area (Å²) in [6.07, 6.45) is 0.917. The van der Waals surface area contributed by atoms with Crippen molar-refractivity contribution in [1.82, 2.24) is 0 Å². The summed E-state index contributed by atoms with van der Waals surface area (Å²) in [6, 6.07) is 0. The molecule has 0 amide bonds. The van der Waals surface area contributed by atoms with Gasteiger partial charge in [0, 0.05) is 6.92 Å². The van der Waals surface area contributed by atoms with Crippen molar-refractivity contribution >= 4 is 26.9 Å². The Morgan fingerprint density at radius 3 is 2.35 bits per heavy atom. The van der Waals surface area contributed by atoms with Crippen molar-refractivity contribution < 1.29 is 27.9 Å². The predicted molar refractivity (Wildman–Crippen MR) is 88.3 cm³/mol. The Morgan fingerprint density at radius 1 is 1.35 bits per heavy atom. The van der Waals surface area contributed by atoms with Gasteiger partial charge in [0.1, 0.15) is 18.5 Å². The number of ether oxygens (including phenoxy) is 2. The first-order valence-electron chi connectivity index (χ1n) is 7.71. The van der Waals surface area contributed by atoms with Gasteiger partial charge >= 0.3 is 5.97 Å². The van der Waals surface area contributed by atoms with Crippen LogP contribution in [0.15, 0.2) is 0 Å². The molecule has 0 aromatic heterocycles. The third-order valence-electron chi connectivity index (χ3n) is 4.14. The highest BCUT2D eigenvalue weighted by molar-refractivity contribution is 6.74. The van der Waals surface area contributed by atoms with Crippen molar-refractivity contribution in [3.05, 3.63) is 0 Å². The second-order valence-electron chi connectivity index (χ2n) is 7.71. The fourth-order valence-electron chi connectivity index (χ4n) is 1.95. The van der Waals surface area contributed by atoms with Gasteiger partial charge < -0.3 is 23.1 Å². The van der Waals surface area contributed by atoms with Crippen molar-refractivity contribution in [2.24, 2.45) is 0 Å². The van der Waals surface area contributed by atoms with E-state index in [1.165, 1.54) is 6.92 Å². The van der Waals surface area contributed by atoms with Crippen LogP contribution in [0.4, 0.5) is 0 Å². The molecule has 1 rings (SSSR count). The van der Waals surface area contributed by atoms with Crippen LogP contribution in [0.25, 0.3) is 0 Å². The van der Waals surface area contributed by atoms with Crippen LogP contribution in [0.5, 0.6) is 0 Å². The minimum absolute atomic E-state index is 0.0535. The average Bonchev–Trinajstić information content (AvgIpc) is 2.67. The van der Waals surface area contributed by atoms with E-state index < -0.39 is 38.4 Å². The molecule has 0 aromatic rings. The molecule has 1 fully saturated rings. The maximum Gasteiger partial charge on any atom is 0.422 e. The van der Waals surface area contributed by atoms with Gasteiger partial charge in [-0.25, -0.2) is 0 Å². The lowest BCUT2D eigenvalue weighted by molar-refractivity contribution is -0.155. The molecule has 0 radical (unpaired) electrons. The zero-order valence-electron chi connectivity index (χ0n) is 15.3. The molecule has 3 atom stereocenters. The molecule has 0 N–H and O–H groups in total. The van der Waals surface area contributed by atoms with E-state index in [0.29, 0.717) is 0 Å². The maximum atomic E-state index is 11.6. The van der Waals surface area contributed by atoms with Crippen LogP contribution in [-0.2, 0) is 27.9 Å². The van der Waals surface area contributed by atoms with E-state index in [0.717, 1.165) is 6.29 Å². The van der Waals surface area contributed by atoms with Gasteiger partial charge in [0.2, 0.25) is 0 Å². The first-order chi connectivity index (χ1) is 10.3. The Kier molecular flexibility index (Phi) is 6.07. The summed E-state index contributed by atoms with van der Waals surface area (Å²) in [4.78, 5) is 22.6. The molecule has 132 valence electrons. The normalized spacial score (nSPS) is 26.4. The number of carbonyl (C=O) groups is 2. The highest BCUT2D eigenvalue weighted by Crippen LogP contribution is 2.39. The number of hydrogen-bond acceptors (Lipinski definition) is 5. The lowest BCUT2D eigenvalue weighted by Gasteiger charge is -2.39. The molecule has 7 heteroatoms. The van der Waals surface area contributed by atoms with Crippen LogP contribution in [0.3, 0.4) is 0 Å². The zero-order chi connectivity index (χ0) is 18.1. The van der Waals surface area contributed by atoms with Crippen molar-refractivity contribution in [3.8, 4) is 0 Å². The largest absolute Gasteiger partial charge is 0.465 e. The first kappa shape index (κ1) is 20.2. The summed E-state index contributed by atoms with van der Waals surface area (Å²) in [5.74, 6) is -1.43. The molecule has 1 aliphatic heterocycles. The van der Waals surface area contributed by atoms with E-state index in [4.69, 9.17) is 18.3 Å². The highest BCUT2D eigenvalue weighted by Gasteiger charge is 2.48. The monoisotopic (exact) mass is 344 g/mol. The number of carbonyl (C=O) groups excluding carboxylic acids is 3. The Bertz CT molecular complexity index is 477. The fraction of sp³-hybridized carbons (Fsp3) is 0.812. The van der Waals surface area contributed by atoms with Crippen LogP contribution in [0.1, 0.15) is 41.5 Å². The van der Waals surface area contributed by atoms with Crippen LogP contribution < -0.4 is 0 Å². The standard InChI is InChI=1S/C16H28O6Si/c1-11(18)19-10-13-14(21-16(5,6)20-13)12(9-17)22-23(7,8)15(2,3)4/h9,12-14H,1-8H3/t12-,13+,14-/m1/s1. The lowest BCUT2D eigenvalue weighted by atomic mass is 10.1. The van der Waals surface area contributed by atoms with Gasteiger partial charge in [-0.05, 0) is 32.0 Å². The van der Waals surface area contributed by atoms with Crippen LogP contribution in [0.2, 0.25) is 18.1 Å². The Balaban J connectivity index is 3.01. The highest BCUT2D eigenvalue weighted by atomic mass is 28.4. The molecule has 23 heavy (non-hydrogen) atoms. The van der Waals surface area contributed by atoms with E-state index in [2.05, 4.69) is 40.2 Å². The van der Waals surface area contributed by atoms with E-state index in [1.54, 1.807) is 13.8 Å². The van der Waals surface area contributed by atoms with Gasteiger partial charge in [0.15, 0.2) is 14.1 Å². The van der Waals surface area contributed by atoms with Gasteiger partial charge in [0.25, 0.3) is 0 Å². The Labute approximate surface area is 139 Å². The van der Waals surface area contributed by atoms with E-state index in [-0.39, 0.29) is 5.04 Å². The minimum atomic E-state index is -2.18. The van der Waals surface area contributed by atoms with Crippen molar-refractivity contribution in [2.45, 2.75) is 83.8 Å². The molecule has 1 aliphatic rings. The molecule has 0 unspecified atom stereocenters. The molecule has 0 saturated carbocycles. The predicted octanol–water partition coefficient (Wildman–Crippen LogP) is 2.29. The molecular weight excluding hydrogens is 316 g/mol. The molecule has 0 aliphatic carbocycles. The molecule has 0 bridgehead atoms. The third-order valence-corrected chi connectivity index (χ3v) is 8.62. The van der Waals surface area contributed by atoms with Crippen molar-refractivity contribution in [3.63, 3.8) is 0 Å². The van der Waals surface area contributed by atoms with E-state index >= 15 is 0 Å². The minimum Gasteiger partial charge on any atom is -0.465 e. The second kappa shape index (κ2) is 6.92. The van der Waals surface area contributed by atoms with E-state index in [1.807, 2.05) is 0 Å². The van der Waals surface area contributed by atoms with Gasteiger partial charge in [-0.1, -0.05) is 25.6 Å². The number of hydrogen-bond donors (Lipinski definition) is 0. The van der Waals surface area contributed by atoms with Crippen molar-refractivity contribution in [2.75, 3.05) is 0 Å². The summed E-state index contributed by atoms with van der Waals surface area (Å²) in [6.45, 7) is 15.1. The summed E-state index contributed by atoms with van der Waals surface area (Å²) in [5.41, 5.74) is 0.